The predicted octanol–water partition coefficient (Wildman–Crippen LogP) is 2.26. The lowest BCUT2D eigenvalue weighted by molar-refractivity contribution is 0.173. The van der Waals surface area contributed by atoms with Crippen molar-refractivity contribution < 1.29 is 13.2 Å². The van der Waals surface area contributed by atoms with E-state index in [4.69, 9.17) is 4.74 Å². The maximum absolute atomic E-state index is 12.7. The van der Waals surface area contributed by atoms with E-state index in [0.29, 0.717) is 17.1 Å². The highest BCUT2D eigenvalue weighted by molar-refractivity contribution is 7.92. The summed E-state index contributed by atoms with van der Waals surface area (Å²) in [6.07, 6.45) is 9.82. The number of rotatable bonds is 4. The van der Waals surface area contributed by atoms with Gasteiger partial charge in [0.15, 0.2) is 9.84 Å². The van der Waals surface area contributed by atoms with Gasteiger partial charge in [-0.15, -0.1) is 0 Å². The third-order valence-electron chi connectivity index (χ3n) is 4.17. The summed E-state index contributed by atoms with van der Waals surface area (Å²) in [5, 5.41) is 2.63. The van der Waals surface area contributed by atoms with Crippen LogP contribution in [-0.2, 0) is 16.3 Å². The summed E-state index contributed by atoms with van der Waals surface area (Å²) < 4.78 is 31.4. The number of allylic oxidation sites excluding steroid dienone is 3. The van der Waals surface area contributed by atoms with E-state index in [0.717, 1.165) is 24.9 Å². The number of likely N-dealkylation sites (N-methyl/N-ethyl adjacent to an activating group) is 1. The van der Waals surface area contributed by atoms with E-state index in [1.165, 1.54) is 0 Å². The average molecular weight is 319 g/mol. The van der Waals surface area contributed by atoms with Crippen LogP contribution in [0.25, 0.3) is 0 Å². The van der Waals surface area contributed by atoms with Gasteiger partial charge >= 0.3 is 0 Å². The Kier molecular flexibility index (Phi) is 4.36. The molecule has 1 N–H and O–H groups in total. The zero-order valence-corrected chi connectivity index (χ0v) is 13.5. The van der Waals surface area contributed by atoms with Crippen molar-refractivity contribution >= 4 is 9.84 Å². The molecule has 1 aliphatic carbocycles. The summed E-state index contributed by atoms with van der Waals surface area (Å²) >= 11 is 0. The zero-order chi connectivity index (χ0) is 15.6. The molecule has 4 nitrogen and oxygen atoms in total. The van der Waals surface area contributed by atoms with Crippen molar-refractivity contribution in [2.45, 2.75) is 35.5 Å². The van der Waals surface area contributed by atoms with Gasteiger partial charge in [0.1, 0.15) is 11.9 Å². The molecule has 1 unspecified atom stereocenters. The van der Waals surface area contributed by atoms with Crippen LogP contribution < -0.4 is 10.1 Å². The number of nitrogens with one attached hydrogen (secondary N) is 1. The first kappa shape index (κ1) is 15.3. The smallest absolute Gasteiger partial charge is 0.185 e. The molecule has 2 aliphatic rings. The molecule has 0 aromatic heterocycles. The van der Waals surface area contributed by atoms with E-state index < -0.39 is 15.1 Å². The molecule has 1 aromatic carbocycles. The molecule has 1 heterocycles. The van der Waals surface area contributed by atoms with Crippen LogP contribution in [0.4, 0.5) is 0 Å². The molecule has 2 atom stereocenters. The minimum atomic E-state index is -3.36. The molecule has 0 bridgehead atoms. The van der Waals surface area contributed by atoms with Gasteiger partial charge in [-0.25, -0.2) is 8.42 Å². The largest absolute Gasteiger partial charge is 0.489 e. The number of fused-ring (bicyclic) bond motifs is 1. The maximum atomic E-state index is 12.7. The van der Waals surface area contributed by atoms with E-state index in [1.54, 1.807) is 24.3 Å². The molecular weight excluding hydrogens is 298 g/mol. The molecule has 1 aliphatic heterocycles. The second-order valence-electron chi connectivity index (χ2n) is 5.74. The molecule has 0 saturated heterocycles. The lowest BCUT2D eigenvalue weighted by atomic mass is 10.0. The Hall–Kier alpha value is -1.59. The Morgan fingerprint density at radius 2 is 2.18 bits per heavy atom. The fourth-order valence-electron chi connectivity index (χ4n) is 2.92. The lowest BCUT2D eigenvalue weighted by Gasteiger charge is -2.26. The Morgan fingerprint density at radius 1 is 1.32 bits per heavy atom. The fourth-order valence-corrected chi connectivity index (χ4v) is 4.46. The molecule has 0 spiro atoms. The third kappa shape index (κ3) is 2.96. The zero-order valence-electron chi connectivity index (χ0n) is 12.7. The first-order chi connectivity index (χ1) is 10.6. The predicted molar refractivity (Wildman–Crippen MR) is 87.0 cm³/mol. The second-order valence-corrected chi connectivity index (χ2v) is 7.90. The van der Waals surface area contributed by atoms with E-state index in [1.807, 2.05) is 25.3 Å². The molecule has 118 valence electrons. The summed E-state index contributed by atoms with van der Waals surface area (Å²) in [6.45, 7) is 0.770. The van der Waals surface area contributed by atoms with Gasteiger partial charge in [-0.1, -0.05) is 30.4 Å². The summed E-state index contributed by atoms with van der Waals surface area (Å²) in [7, 11) is -1.47. The number of ether oxygens (including phenoxy) is 1. The third-order valence-corrected chi connectivity index (χ3v) is 6.23. The van der Waals surface area contributed by atoms with Crippen molar-refractivity contribution in [3.05, 3.63) is 48.1 Å². The van der Waals surface area contributed by atoms with E-state index in [-0.39, 0.29) is 6.10 Å². The summed E-state index contributed by atoms with van der Waals surface area (Å²) in [5.41, 5.74) is 1.09. The van der Waals surface area contributed by atoms with Gasteiger partial charge < -0.3 is 10.1 Å². The monoisotopic (exact) mass is 319 g/mol. The average Bonchev–Trinajstić information content (AvgIpc) is 2.55. The number of hydrogen-bond donors (Lipinski definition) is 1. The van der Waals surface area contributed by atoms with Gasteiger partial charge in [0, 0.05) is 6.54 Å². The highest BCUT2D eigenvalue weighted by Crippen LogP contribution is 2.32. The van der Waals surface area contributed by atoms with Crippen molar-refractivity contribution in [3.63, 3.8) is 0 Å². The summed E-state index contributed by atoms with van der Waals surface area (Å²) in [6, 6.07) is 5.29. The number of aryl methyl sites for hydroxylation is 1. The normalized spacial score (nSPS) is 23.9. The molecule has 22 heavy (non-hydrogen) atoms. The summed E-state index contributed by atoms with van der Waals surface area (Å²) in [5.74, 6) is 0.711. The van der Waals surface area contributed by atoms with Crippen LogP contribution in [0.2, 0.25) is 0 Å². The van der Waals surface area contributed by atoms with Crippen molar-refractivity contribution in [1.82, 2.24) is 5.32 Å². The molecule has 5 heteroatoms. The van der Waals surface area contributed by atoms with Crippen molar-refractivity contribution in [1.29, 1.82) is 0 Å². The standard InChI is InChI=1S/C17H21NO3S/c1-18-12-14-9-7-13-8-10-16(11-17(13)21-14)22(19,20)15-5-3-2-4-6-15/h2-5,8,10-11,14-15,18H,6-7,9,12H2,1H3/t14-,15?/m1/s1. The van der Waals surface area contributed by atoms with Gasteiger partial charge in [0.25, 0.3) is 0 Å². The van der Waals surface area contributed by atoms with Crippen LogP contribution in [0.3, 0.4) is 0 Å². The van der Waals surface area contributed by atoms with E-state index >= 15 is 0 Å². The van der Waals surface area contributed by atoms with Gasteiger partial charge in [-0.3, -0.25) is 0 Å². The van der Waals surface area contributed by atoms with Crippen molar-refractivity contribution in [2.24, 2.45) is 0 Å². The van der Waals surface area contributed by atoms with Gasteiger partial charge in [-0.05, 0) is 44.0 Å². The van der Waals surface area contributed by atoms with Gasteiger partial charge in [-0.2, -0.15) is 0 Å². The van der Waals surface area contributed by atoms with Crippen LogP contribution in [0.1, 0.15) is 18.4 Å². The second kappa shape index (κ2) is 6.26. The Labute approximate surface area is 131 Å². The highest BCUT2D eigenvalue weighted by atomic mass is 32.2. The number of benzene rings is 1. The SMILES string of the molecule is CNC[C@H]1CCc2ccc(S(=O)(=O)C3C=CC=CC3)cc2O1. The Balaban J connectivity index is 1.88. The lowest BCUT2D eigenvalue weighted by Crippen LogP contribution is -2.32. The highest BCUT2D eigenvalue weighted by Gasteiger charge is 2.27. The minimum absolute atomic E-state index is 0.105. The quantitative estimate of drug-likeness (QED) is 0.925. The first-order valence-corrected chi connectivity index (χ1v) is 9.17. The van der Waals surface area contributed by atoms with Crippen LogP contribution in [0.15, 0.2) is 47.4 Å². The fraction of sp³-hybridized carbons (Fsp3) is 0.412. The van der Waals surface area contributed by atoms with Crippen molar-refractivity contribution in [2.75, 3.05) is 13.6 Å². The van der Waals surface area contributed by atoms with Crippen LogP contribution >= 0.6 is 0 Å². The minimum Gasteiger partial charge on any atom is -0.489 e. The number of sulfone groups is 1. The van der Waals surface area contributed by atoms with E-state index in [2.05, 4.69) is 5.32 Å². The first-order valence-electron chi connectivity index (χ1n) is 7.62. The molecule has 0 fully saturated rings. The maximum Gasteiger partial charge on any atom is 0.185 e. The molecule has 1 aromatic rings. The van der Waals surface area contributed by atoms with Gasteiger partial charge in [0.05, 0.1) is 10.1 Å². The van der Waals surface area contributed by atoms with E-state index in [9.17, 15) is 8.42 Å². The topological polar surface area (TPSA) is 55.4 Å². The van der Waals surface area contributed by atoms with Crippen LogP contribution in [-0.4, -0.2) is 33.4 Å². The van der Waals surface area contributed by atoms with Crippen LogP contribution in [0.5, 0.6) is 5.75 Å². The Bertz CT molecular complexity index is 707. The van der Waals surface area contributed by atoms with Gasteiger partial charge in [0.2, 0.25) is 0 Å². The Morgan fingerprint density at radius 3 is 2.91 bits per heavy atom. The molecular formula is C17H21NO3S. The molecule has 0 amide bonds. The molecule has 0 saturated carbocycles. The molecule has 3 rings (SSSR count). The number of hydrogen-bond acceptors (Lipinski definition) is 4. The van der Waals surface area contributed by atoms with Crippen LogP contribution in [0, 0.1) is 0 Å². The summed E-state index contributed by atoms with van der Waals surface area (Å²) in [4.78, 5) is 0.348. The molecule has 0 radical (unpaired) electrons. The van der Waals surface area contributed by atoms with Crippen molar-refractivity contribution in [3.8, 4) is 5.75 Å².